The third-order valence-electron chi connectivity index (χ3n) is 3.60. The van der Waals surface area contributed by atoms with Crippen LogP contribution in [0.15, 0.2) is 16.6 Å². The van der Waals surface area contributed by atoms with Gasteiger partial charge in [0.25, 0.3) is 5.69 Å². The summed E-state index contributed by atoms with van der Waals surface area (Å²) in [6.45, 7) is 0. The molecule has 0 aromatic heterocycles. The molecule has 0 aliphatic heterocycles. The molecule has 2 rings (SSSR count). The second kappa shape index (κ2) is 6.76. The summed E-state index contributed by atoms with van der Waals surface area (Å²) in [7, 11) is 0. The van der Waals surface area contributed by atoms with Gasteiger partial charge in [0.15, 0.2) is 0 Å². The molecule has 7 heteroatoms. The molecular weight excluding hydrogens is 347 g/mol. The summed E-state index contributed by atoms with van der Waals surface area (Å²) < 4.78 is 13.7. The Morgan fingerprint density at radius 1 is 1.40 bits per heavy atom. The second-order valence-electron chi connectivity index (χ2n) is 4.89. The first-order valence-corrected chi connectivity index (χ1v) is 8.52. The zero-order valence-corrected chi connectivity index (χ0v) is 13.5. The normalized spacial score (nSPS) is 22.6. The van der Waals surface area contributed by atoms with Gasteiger partial charge in [-0.15, -0.1) is 0 Å². The summed E-state index contributed by atoms with van der Waals surface area (Å²) in [5.74, 6) is -0.490. The minimum Gasteiger partial charge on any atom is -0.377 e. The van der Waals surface area contributed by atoms with Gasteiger partial charge in [-0.25, -0.2) is 4.39 Å². The highest BCUT2D eigenvalue weighted by Crippen LogP contribution is 2.34. The maximum atomic E-state index is 13.6. The number of hydrogen-bond donors (Lipinski definition) is 1. The summed E-state index contributed by atoms with van der Waals surface area (Å²) in [4.78, 5) is 10.6. The Hall–Kier alpha value is -0.820. The molecule has 0 atom stereocenters. The van der Waals surface area contributed by atoms with Crippen LogP contribution in [0, 0.1) is 15.9 Å². The summed E-state index contributed by atoms with van der Waals surface area (Å²) in [6, 6.07) is 2.59. The summed E-state index contributed by atoms with van der Waals surface area (Å²) in [6.07, 6.45) is 6.20. The Labute approximate surface area is 129 Å². The molecular formula is C13H16BrFN2O2S. The number of benzene rings is 1. The first kappa shape index (κ1) is 15.6. The maximum Gasteiger partial charge on any atom is 0.293 e. The van der Waals surface area contributed by atoms with Crippen LogP contribution in [0.2, 0.25) is 0 Å². The van der Waals surface area contributed by atoms with E-state index in [9.17, 15) is 14.5 Å². The molecule has 1 fully saturated rings. The Kier molecular flexibility index (Phi) is 5.26. The predicted octanol–water partition coefficient (Wildman–Crippen LogP) is 4.58. The molecule has 0 unspecified atom stereocenters. The number of rotatable bonds is 4. The van der Waals surface area contributed by atoms with Gasteiger partial charge in [0.1, 0.15) is 11.5 Å². The zero-order valence-electron chi connectivity index (χ0n) is 11.1. The lowest BCUT2D eigenvalue weighted by Crippen LogP contribution is -2.27. The van der Waals surface area contributed by atoms with Gasteiger partial charge in [0.2, 0.25) is 0 Å². The van der Waals surface area contributed by atoms with E-state index in [1.165, 1.54) is 12.1 Å². The molecule has 1 N–H and O–H groups in total. The summed E-state index contributed by atoms with van der Waals surface area (Å²) in [5, 5.41) is 14.8. The van der Waals surface area contributed by atoms with Crippen LogP contribution in [-0.4, -0.2) is 22.5 Å². The van der Waals surface area contributed by atoms with Crippen molar-refractivity contribution >= 4 is 39.1 Å². The van der Waals surface area contributed by atoms with E-state index in [2.05, 4.69) is 27.5 Å². The van der Waals surface area contributed by atoms with Crippen LogP contribution in [0.5, 0.6) is 0 Å². The highest BCUT2D eigenvalue weighted by atomic mass is 79.9. The van der Waals surface area contributed by atoms with Crippen molar-refractivity contribution in [2.75, 3.05) is 11.6 Å². The predicted molar refractivity (Wildman–Crippen MR) is 83.9 cm³/mol. The number of thioether (sulfide) groups is 1. The molecule has 0 heterocycles. The number of nitro groups is 1. The van der Waals surface area contributed by atoms with E-state index in [0.29, 0.717) is 5.25 Å². The average molecular weight is 363 g/mol. The van der Waals surface area contributed by atoms with E-state index < -0.39 is 10.7 Å². The van der Waals surface area contributed by atoms with E-state index in [1.54, 1.807) is 0 Å². The third-order valence-corrected chi connectivity index (χ3v) is 5.35. The molecule has 0 spiro atoms. The first-order chi connectivity index (χ1) is 9.51. The molecule has 110 valence electrons. The van der Waals surface area contributed by atoms with E-state index in [1.807, 2.05) is 11.8 Å². The van der Waals surface area contributed by atoms with Crippen LogP contribution in [0.4, 0.5) is 15.8 Å². The van der Waals surface area contributed by atoms with Crippen molar-refractivity contribution in [3.63, 3.8) is 0 Å². The lowest BCUT2D eigenvalue weighted by molar-refractivity contribution is -0.384. The van der Waals surface area contributed by atoms with Gasteiger partial charge in [-0.3, -0.25) is 10.1 Å². The highest BCUT2D eigenvalue weighted by molar-refractivity contribution is 9.10. The molecule has 0 bridgehead atoms. The highest BCUT2D eigenvalue weighted by Gasteiger charge is 2.24. The van der Waals surface area contributed by atoms with Gasteiger partial charge in [0, 0.05) is 23.4 Å². The molecule has 20 heavy (non-hydrogen) atoms. The molecule has 1 aromatic rings. The average Bonchev–Trinajstić information content (AvgIpc) is 2.43. The van der Waals surface area contributed by atoms with Gasteiger partial charge in [-0.1, -0.05) is 0 Å². The van der Waals surface area contributed by atoms with Crippen LogP contribution >= 0.6 is 27.7 Å². The maximum absolute atomic E-state index is 13.6. The fourth-order valence-electron chi connectivity index (χ4n) is 2.47. The number of hydrogen-bond acceptors (Lipinski definition) is 4. The van der Waals surface area contributed by atoms with Gasteiger partial charge in [-0.2, -0.15) is 11.8 Å². The minimum absolute atomic E-state index is 0.0923. The number of halogens is 2. The fourth-order valence-corrected chi connectivity index (χ4v) is 3.54. The first-order valence-electron chi connectivity index (χ1n) is 6.44. The molecule has 0 saturated heterocycles. The van der Waals surface area contributed by atoms with Crippen LogP contribution in [0.1, 0.15) is 25.7 Å². The molecule has 4 nitrogen and oxygen atoms in total. The zero-order chi connectivity index (χ0) is 14.7. The van der Waals surface area contributed by atoms with Crippen LogP contribution in [0.25, 0.3) is 0 Å². The van der Waals surface area contributed by atoms with Crippen LogP contribution in [-0.2, 0) is 0 Å². The fraction of sp³-hybridized carbons (Fsp3) is 0.538. The topological polar surface area (TPSA) is 55.2 Å². The quantitative estimate of drug-likeness (QED) is 0.628. The molecule has 1 aliphatic carbocycles. The summed E-state index contributed by atoms with van der Waals surface area (Å²) >= 11 is 4.85. The Balaban J connectivity index is 2.13. The van der Waals surface area contributed by atoms with Crippen molar-refractivity contribution in [2.24, 2.45) is 0 Å². The number of nitro benzene ring substituents is 1. The van der Waals surface area contributed by atoms with Crippen molar-refractivity contribution in [1.82, 2.24) is 0 Å². The van der Waals surface area contributed by atoms with Gasteiger partial charge < -0.3 is 5.32 Å². The second-order valence-corrected chi connectivity index (χ2v) is 6.89. The van der Waals surface area contributed by atoms with Crippen molar-refractivity contribution in [2.45, 2.75) is 37.0 Å². The largest absolute Gasteiger partial charge is 0.377 e. The standard InChI is InChI=1S/C13H16BrFN2O2S/c1-20-9-4-2-8(3-5-9)16-12-7-11(15)10(14)6-13(12)17(18)19/h6-9,16H,2-5H2,1H3. The van der Waals surface area contributed by atoms with Crippen LogP contribution < -0.4 is 5.32 Å². The van der Waals surface area contributed by atoms with E-state index in [0.717, 1.165) is 25.7 Å². The summed E-state index contributed by atoms with van der Waals surface area (Å²) in [5.41, 5.74) is 0.175. The number of nitrogens with one attached hydrogen (secondary N) is 1. The van der Waals surface area contributed by atoms with Gasteiger partial charge in [0.05, 0.1) is 9.40 Å². The Morgan fingerprint density at radius 2 is 2.05 bits per heavy atom. The lowest BCUT2D eigenvalue weighted by Gasteiger charge is -2.28. The molecule has 0 amide bonds. The third kappa shape index (κ3) is 3.63. The molecule has 1 aliphatic rings. The molecule has 1 saturated carbocycles. The van der Waals surface area contributed by atoms with E-state index in [4.69, 9.17) is 0 Å². The lowest BCUT2D eigenvalue weighted by atomic mass is 9.94. The number of anilines is 1. The van der Waals surface area contributed by atoms with Gasteiger partial charge >= 0.3 is 0 Å². The smallest absolute Gasteiger partial charge is 0.293 e. The van der Waals surface area contributed by atoms with E-state index >= 15 is 0 Å². The Bertz CT molecular complexity index is 507. The van der Waals surface area contributed by atoms with Crippen molar-refractivity contribution < 1.29 is 9.31 Å². The van der Waals surface area contributed by atoms with E-state index in [-0.39, 0.29) is 21.9 Å². The molecule has 0 radical (unpaired) electrons. The van der Waals surface area contributed by atoms with Crippen molar-refractivity contribution in [3.8, 4) is 0 Å². The monoisotopic (exact) mass is 362 g/mol. The van der Waals surface area contributed by atoms with Crippen molar-refractivity contribution in [3.05, 3.63) is 32.5 Å². The minimum atomic E-state index is -0.490. The molecule has 1 aromatic carbocycles. The number of nitrogens with zero attached hydrogens (tertiary/aromatic N) is 1. The van der Waals surface area contributed by atoms with Gasteiger partial charge in [-0.05, 0) is 47.9 Å². The van der Waals surface area contributed by atoms with Crippen molar-refractivity contribution in [1.29, 1.82) is 0 Å². The SMILES string of the molecule is CSC1CCC(Nc2cc(F)c(Br)cc2[N+](=O)[O-])CC1. The van der Waals surface area contributed by atoms with Crippen LogP contribution in [0.3, 0.4) is 0 Å². The Morgan fingerprint density at radius 3 is 2.60 bits per heavy atom.